The summed E-state index contributed by atoms with van der Waals surface area (Å²) >= 11 is 1.25. The molecular weight excluding hydrogens is 1030 g/mol. The third kappa shape index (κ3) is 13.7. The van der Waals surface area contributed by atoms with E-state index in [0.717, 1.165) is 69.8 Å². The number of aromatic hydroxyl groups is 1. The van der Waals surface area contributed by atoms with Crippen LogP contribution in [0.15, 0.2) is 83.8 Å². The number of hydrogen-bond acceptors (Lipinski definition) is 16. The van der Waals surface area contributed by atoms with Crippen LogP contribution in [-0.2, 0) is 31.3 Å². The van der Waals surface area contributed by atoms with E-state index in [1.165, 1.54) is 33.2 Å². The predicted molar refractivity (Wildman–Crippen MR) is 302 cm³/mol. The number of benzene rings is 2. The fraction of sp³-hybridized carbons (Fsp3) is 0.474. The Morgan fingerprint density at radius 2 is 1.70 bits per heavy atom. The molecule has 8 rings (SSSR count). The molecule has 0 bridgehead atoms. The third-order valence-corrected chi connectivity index (χ3v) is 15.4. The highest BCUT2D eigenvalue weighted by atomic mass is 32.1. The summed E-state index contributed by atoms with van der Waals surface area (Å²) < 4.78 is 24.2. The van der Waals surface area contributed by atoms with E-state index in [1.807, 2.05) is 12.1 Å². The van der Waals surface area contributed by atoms with E-state index in [-0.39, 0.29) is 42.8 Å². The standard InChI is InChI=1S/C57H73FN12O8S/c1-9-23-69-53(75)42-31-59-55(65-51(42)70(69)45-16-14-15-44(63-45)57(7,8)77)62-37-17-19-38(20-18-37)67-27-25-66(26-28-67)24-12-10-11-13-29-78-33-46(72)64-50(56(4,5)6)54(76)68-32-39(71)30-43(68)52(74)61-35(2)40-21-22-41(47(58)48(40)73)49-36(3)60-34-79-49/h9,14-22,31,34-35,39,43,50,71,73,77H,1,10-13,23-30,32-33H2,2-8H3,(H,61,74)(H,64,72)(H,59,62,65)/t35-,39+,43-,50+/m0/s1. The van der Waals surface area contributed by atoms with E-state index >= 15 is 4.39 Å². The number of β-amino-alcohol motifs (C(OH)–C–C–N with tert-alkyl or cyclic N) is 1. The average Bonchev–Trinajstić information content (AvgIpc) is 4.34. The minimum absolute atomic E-state index is 0.0318. The molecule has 4 atom stereocenters. The SMILES string of the molecule is C=CCn1c(=O)c2cnc(Nc3ccc(N4CCN(CCCCCCOCC(=O)N[C@H](C(=O)N5C[C@H](O)C[C@H]5C(=O)N[C@@H](C)c5ccc(-c6scnc6C)c(F)c5O)C(C)(C)C)CC4)cc3)nc2n1-c1cccc(C(C)(C)O)n1. The summed E-state index contributed by atoms with van der Waals surface area (Å²) in [7, 11) is 0. The number of phenolic OH excluding ortho intramolecular Hbond substituents is 1. The summed E-state index contributed by atoms with van der Waals surface area (Å²) in [6.45, 7) is 20.8. The molecule has 422 valence electrons. The number of aryl methyl sites for hydroxylation is 1. The predicted octanol–water partition coefficient (Wildman–Crippen LogP) is 6.48. The van der Waals surface area contributed by atoms with E-state index < -0.39 is 64.5 Å². The topological polar surface area (TPSA) is 245 Å². The molecule has 4 aromatic heterocycles. The second-order valence-electron chi connectivity index (χ2n) is 22.0. The van der Waals surface area contributed by atoms with Crippen LogP contribution in [0.4, 0.5) is 21.7 Å². The van der Waals surface area contributed by atoms with Gasteiger partial charge < -0.3 is 45.8 Å². The highest BCUT2D eigenvalue weighted by Gasteiger charge is 2.45. The quantitative estimate of drug-likeness (QED) is 0.0315. The number of anilines is 3. The molecule has 2 fully saturated rings. The van der Waals surface area contributed by atoms with Crippen LogP contribution in [0, 0.1) is 18.2 Å². The first-order valence-corrected chi connectivity index (χ1v) is 27.7. The molecule has 0 saturated carbocycles. The molecule has 6 aromatic rings. The average molecular weight is 1110 g/mol. The molecule has 6 heterocycles. The lowest BCUT2D eigenvalue weighted by atomic mass is 9.85. The minimum atomic E-state index is -1.19. The number of amides is 3. The molecule has 0 spiro atoms. The molecule has 0 unspecified atom stereocenters. The summed E-state index contributed by atoms with van der Waals surface area (Å²) in [5.74, 6) is -2.26. The highest BCUT2D eigenvalue weighted by Crippen LogP contribution is 2.38. The number of unbranched alkanes of at least 4 members (excludes halogenated alkanes) is 3. The van der Waals surface area contributed by atoms with Crippen LogP contribution in [-0.4, -0.2) is 143 Å². The Labute approximate surface area is 463 Å². The van der Waals surface area contributed by atoms with E-state index in [1.54, 1.807) is 89.0 Å². The maximum Gasteiger partial charge on any atom is 0.278 e. The number of nitrogens with one attached hydrogen (secondary N) is 3. The smallest absolute Gasteiger partial charge is 0.278 e. The number of aliphatic hydroxyl groups is 2. The van der Waals surface area contributed by atoms with Gasteiger partial charge in [0.05, 0.1) is 40.5 Å². The first kappa shape index (κ1) is 58.0. The van der Waals surface area contributed by atoms with Gasteiger partial charge in [-0.25, -0.2) is 28.7 Å². The lowest BCUT2D eigenvalue weighted by Crippen LogP contribution is -2.58. The van der Waals surface area contributed by atoms with Gasteiger partial charge in [-0.15, -0.1) is 17.9 Å². The maximum absolute atomic E-state index is 15.4. The molecule has 79 heavy (non-hydrogen) atoms. The van der Waals surface area contributed by atoms with Crippen molar-refractivity contribution in [2.24, 2.45) is 5.41 Å². The lowest BCUT2D eigenvalue weighted by Gasteiger charge is -2.36. The van der Waals surface area contributed by atoms with Gasteiger partial charge in [0.15, 0.2) is 23.0 Å². The monoisotopic (exact) mass is 1100 g/mol. The number of likely N-dealkylation sites (tertiary alicyclic amines) is 1. The molecule has 20 nitrogen and oxygen atoms in total. The first-order valence-electron chi connectivity index (χ1n) is 26.8. The number of carbonyl (C=O) groups excluding carboxylic acids is 3. The Kier molecular flexibility index (Phi) is 18.3. The number of ether oxygens (including phenoxy) is 1. The Hall–Kier alpha value is -7.11. The number of nitrogens with zero attached hydrogens (tertiary/aromatic N) is 9. The summed E-state index contributed by atoms with van der Waals surface area (Å²) in [4.78, 5) is 79.2. The van der Waals surface area contributed by atoms with Crippen molar-refractivity contribution in [3.63, 3.8) is 0 Å². The number of pyridine rings is 1. The van der Waals surface area contributed by atoms with Crippen LogP contribution in [0.2, 0.25) is 0 Å². The number of carbonyl (C=O) groups is 3. The second kappa shape index (κ2) is 24.9. The number of fused-ring (bicyclic) bond motifs is 1. The van der Waals surface area contributed by atoms with Crippen molar-refractivity contribution in [2.75, 3.05) is 62.7 Å². The Morgan fingerprint density at radius 1 is 0.962 bits per heavy atom. The van der Waals surface area contributed by atoms with Crippen molar-refractivity contribution in [3.8, 4) is 22.0 Å². The summed E-state index contributed by atoms with van der Waals surface area (Å²) in [5.41, 5.74) is 3.06. The van der Waals surface area contributed by atoms with Gasteiger partial charge in [0, 0.05) is 74.5 Å². The zero-order chi connectivity index (χ0) is 56.8. The molecule has 2 saturated heterocycles. The molecule has 0 aliphatic carbocycles. The van der Waals surface area contributed by atoms with Crippen molar-refractivity contribution in [3.05, 3.63) is 112 Å². The van der Waals surface area contributed by atoms with Crippen molar-refractivity contribution >= 4 is 57.4 Å². The molecule has 2 aliphatic heterocycles. The van der Waals surface area contributed by atoms with E-state index in [9.17, 15) is 34.5 Å². The Bertz CT molecular complexity index is 3200. The number of thiazole rings is 1. The van der Waals surface area contributed by atoms with Crippen molar-refractivity contribution in [1.29, 1.82) is 0 Å². The maximum atomic E-state index is 15.4. The van der Waals surface area contributed by atoms with Gasteiger partial charge in [-0.05, 0) is 95.0 Å². The van der Waals surface area contributed by atoms with Crippen LogP contribution in [0.5, 0.6) is 5.75 Å². The molecule has 6 N–H and O–H groups in total. The van der Waals surface area contributed by atoms with Crippen LogP contribution >= 0.6 is 11.3 Å². The number of aliphatic hydroxyl groups excluding tert-OH is 1. The van der Waals surface area contributed by atoms with Gasteiger partial charge in [0.2, 0.25) is 23.7 Å². The highest BCUT2D eigenvalue weighted by molar-refractivity contribution is 7.13. The normalized spacial score (nSPS) is 17.0. The van der Waals surface area contributed by atoms with Gasteiger partial charge in [-0.3, -0.25) is 24.1 Å². The van der Waals surface area contributed by atoms with Crippen LogP contribution in [0.25, 0.3) is 27.3 Å². The van der Waals surface area contributed by atoms with Crippen molar-refractivity contribution in [1.82, 2.24) is 49.7 Å². The number of halogens is 1. The molecular formula is C57H73FN12O8S. The third-order valence-electron chi connectivity index (χ3n) is 14.4. The molecule has 2 aliphatic rings. The summed E-state index contributed by atoms with van der Waals surface area (Å²) in [5, 5.41) is 41.3. The minimum Gasteiger partial charge on any atom is -0.505 e. The van der Waals surface area contributed by atoms with E-state index in [4.69, 9.17) is 9.72 Å². The molecule has 0 radical (unpaired) electrons. The van der Waals surface area contributed by atoms with Gasteiger partial charge in [0.1, 0.15) is 29.7 Å². The van der Waals surface area contributed by atoms with Crippen molar-refractivity contribution in [2.45, 2.75) is 117 Å². The first-order chi connectivity index (χ1) is 37.6. The van der Waals surface area contributed by atoms with Crippen LogP contribution in [0.3, 0.4) is 0 Å². The Balaban J connectivity index is 0.739. The van der Waals surface area contributed by atoms with Crippen molar-refractivity contribution < 1.29 is 38.8 Å². The zero-order valence-corrected chi connectivity index (χ0v) is 46.9. The number of aromatic nitrogens is 6. The van der Waals surface area contributed by atoms with Gasteiger partial charge >= 0.3 is 0 Å². The summed E-state index contributed by atoms with van der Waals surface area (Å²) in [6.07, 6.45) is 5.88. The molecule has 3 amide bonds. The number of rotatable bonds is 22. The fourth-order valence-corrected chi connectivity index (χ4v) is 10.9. The van der Waals surface area contributed by atoms with Gasteiger partial charge in [-0.1, -0.05) is 51.8 Å². The van der Waals surface area contributed by atoms with Crippen LogP contribution in [0.1, 0.15) is 96.6 Å². The number of allylic oxidation sites excluding steroid dienone is 1. The molecule has 22 heteroatoms. The fourth-order valence-electron chi connectivity index (χ4n) is 10.0. The van der Waals surface area contributed by atoms with Gasteiger partial charge in [-0.2, -0.15) is 4.98 Å². The largest absolute Gasteiger partial charge is 0.505 e. The second-order valence-corrected chi connectivity index (χ2v) is 22.8. The molecule has 2 aromatic carbocycles. The lowest BCUT2D eigenvalue weighted by molar-refractivity contribution is -0.144. The van der Waals surface area contributed by atoms with E-state index in [2.05, 4.69) is 59.4 Å². The number of hydrogen-bond donors (Lipinski definition) is 6. The Morgan fingerprint density at radius 3 is 2.38 bits per heavy atom. The number of piperazine rings is 1. The summed E-state index contributed by atoms with van der Waals surface area (Å²) in [6, 6.07) is 13.5. The van der Waals surface area contributed by atoms with E-state index in [0.29, 0.717) is 45.7 Å². The zero-order valence-electron chi connectivity index (χ0n) is 46.0. The number of phenols is 1. The van der Waals surface area contributed by atoms with Gasteiger partial charge in [0.25, 0.3) is 5.56 Å². The van der Waals surface area contributed by atoms with Crippen LogP contribution < -0.4 is 26.4 Å².